The summed E-state index contributed by atoms with van der Waals surface area (Å²) in [4.78, 5) is 6.58. The van der Waals surface area contributed by atoms with Crippen LogP contribution in [0.15, 0.2) is 36.7 Å². The third-order valence-corrected chi connectivity index (χ3v) is 3.78. The van der Waals surface area contributed by atoms with Gasteiger partial charge < -0.3 is 9.67 Å². The number of aromatic nitrogens is 2. The summed E-state index contributed by atoms with van der Waals surface area (Å²) in [6.07, 6.45) is 3.80. The van der Waals surface area contributed by atoms with E-state index in [4.69, 9.17) is 0 Å². The maximum atomic E-state index is 13.1. The van der Waals surface area contributed by atoms with E-state index in [-0.39, 0.29) is 5.82 Å². The Morgan fingerprint density at radius 1 is 1.35 bits per heavy atom. The smallest absolute Gasteiger partial charge is 0.123 e. The number of nitrogens with zero attached hydrogens (tertiary/aromatic N) is 3. The average Bonchev–Trinajstić information content (AvgIpc) is 2.92. The lowest BCUT2D eigenvalue weighted by molar-refractivity contribution is 0.130. The van der Waals surface area contributed by atoms with Gasteiger partial charge in [0.2, 0.25) is 0 Å². The fourth-order valence-electron chi connectivity index (χ4n) is 2.60. The molecule has 2 heterocycles. The number of hydrogen-bond acceptors (Lipinski definition) is 3. The van der Waals surface area contributed by atoms with E-state index in [9.17, 15) is 9.50 Å². The van der Waals surface area contributed by atoms with Crippen molar-refractivity contribution < 1.29 is 9.50 Å². The first-order chi connectivity index (χ1) is 9.72. The molecular weight excluding hydrogens is 257 g/mol. The lowest BCUT2D eigenvalue weighted by Crippen LogP contribution is -2.34. The van der Waals surface area contributed by atoms with Crippen molar-refractivity contribution in [1.82, 2.24) is 14.5 Å². The molecule has 0 bridgehead atoms. The highest BCUT2D eigenvalue weighted by molar-refractivity contribution is 5.18. The van der Waals surface area contributed by atoms with Crippen LogP contribution < -0.4 is 0 Å². The lowest BCUT2D eigenvalue weighted by Gasteiger charge is -2.28. The number of imidazole rings is 1. The zero-order valence-electron chi connectivity index (χ0n) is 11.2. The van der Waals surface area contributed by atoms with E-state index < -0.39 is 6.10 Å². The summed E-state index contributed by atoms with van der Waals surface area (Å²) in [5, 5.41) is 10.1. The van der Waals surface area contributed by atoms with Gasteiger partial charge in [-0.05, 0) is 24.1 Å². The van der Waals surface area contributed by atoms with Crippen LogP contribution >= 0.6 is 0 Å². The second kappa shape index (κ2) is 5.73. The molecule has 0 radical (unpaired) electrons. The van der Waals surface area contributed by atoms with Crippen molar-refractivity contribution in [2.24, 2.45) is 0 Å². The standard InChI is InChI=1S/C15H18FN3O/c16-13-3-1-2-12(10-13)14(20)4-6-18-8-9-19-7-5-17-15(19)11-18/h1-3,5,7,10,14,20H,4,6,8-9,11H2. The van der Waals surface area contributed by atoms with Gasteiger partial charge in [0.15, 0.2) is 0 Å². The molecule has 4 nitrogen and oxygen atoms in total. The summed E-state index contributed by atoms with van der Waals surface area (Å²) in [6, 6.07) is 6.18. The number of aliphatic hydroxyl groups is 1. The van der Waals surface area contributed by atoms with Crippen LogP contribution in [0.2, 0.25) is 0 Å². The Balaban J connectivity index is 1.55. The minimum atomic E-state index is -0.618. The molecule has 1 aromatic carbocycles. The van der Waals surface area contributed by atoms with E-state index in [1.54, 1.807) is 12.1 Å². The van der Waals surface area contributed by atoms with Gasteiger partial charge in [-0.1, -0.05) is 12.1 Å². The minimum absolute atomic E-state index is 0.304. The van der Waals surface area contributed by atoms with Crippen LogP contribution in [0.25, 0.3) is 0 Å². The lowest BCUT2D eigenvalue weighted by atomic mass is 10.1. The molecule has 106 valence electrons. The number of rotatable bonds is 4. The van der Waals surface area contributed by atoms with Crippen LogP contribution in [-0.2, 0) is 13.1 Å². The zero-order valence-corrected chi connectivity index (χ0v) is 11.2. The SMILES string of the molecule is OC(CCN1CCn2ccnc2C1)c1cccc(F)c1. The van der Waals surface area contributed by atoms with Gasteiger partial charge in [-0.25, -0.2) is 9.37 Å². The largest absolute Gasteiger partial charge is 0.388 e. The molecule has 1 aliphatic heterocycles. The van der Waals surface area contributed by atoms with E-state index in [1.165, 1.54) is 12.1 Å². The van der Waals surface area contributed by atoms with Crippen molar-refractivity contribution in [2.75, 3.05) is 13.1 Å². The summed E-state index contributed by atoms with van der Waals surface area (Å²) in [5.41, 5.74) is 0.642. The Bertz CT molecular complexity index is 584. The molecule has 1 atom stereocenters. The number of fused-ring (bicyclic) bond motifs is 1. The first-order valence-electron chi connectivity index (χ1n) is 6.88. The Morgan fingerprint density at radius 2 is 2.25 bits per heavy atom. The van der Waals surface area contributed by atoms with Gasteiger partial charge in [0.1, 0.15) is 11.6 Å². The predicted molar refractivity (Wildman–Crippen MR) is 73.5 cm³/mol. The van der Waals surface area contributed by atoms with Crippen LogP contribution in [0.4, 0.5) is 4.39 Å². The van der Waals surface area contributed by atoms with Crippen molar-refractivity contribution in [3.63, 3.8) is 0 Å². The predicted octanol–water partition coefficient (Wildman–Crippen LogP) is 1.96. The van der Waals surface area contributed by atoms with Gasteiger partial charge in [0.05, 0.1) is 12.6 Å². The fourth-order valence-corrected chi connectivity index (χ4v) is 2.60. The van der Waals surface area contributed by atoms with E-state index in [1.807, 2.05) is 12.4 Å². The number of hydrogen-bond donors (Lipinski definition) is 1. The maximum absolute atomic E-state index is 13.1. The van der Waals surface area contributed by atoms with Gasteiger partial charge in [-0.2, -0.15) is 0 Å². The second-order valence-electron chi connectivity index (χ2n) is 5.17. The molecule has 1 aromatic heterocycles. The van der Waals surface area contributed by atoms with Crippen LogP contribution in [-0.4, -0.2) is 32.6 Å². The highest BCUT2D eigenvalue weighted by Gasteiger charge is 2.17. The van der Waals surface area contributed by atoms with Gasteiger partial charge >= 0.3 is 0 Å². The molecule has 2 aromatic rings. The topological polar surface area (TPSA) is 41.3 Å². The van der Waals surface area contributed by atoms with Crippen LogP contribution in [0, 0.1) is 5.82 Å². The minimum Gasteiger partial charge on any atom is -0.388 e. The summed E-state index contributed by atoms with van der Waals surface area (Å²) < 4.78 is 15.3. The van der Waals surface area contributed by atoms with Gasteiger partial charge in [-0.3, -0.25) is 4.90 Å². The molecule has 0 spiro atoms. The normalized spacial score (nSPS) is 16.9. The highest BCUT2D eigenvalue weighted by Crippen LogP contribution is 2.19. The summed E-state index contributed by atoms with van der Waals surface area (Å²) in [6.45, 7) is 3.48. The molecule has 1 unspecified atom stereocenters. The molecule has 0 fully saturated rings. The first-order valence-corrected chi connectivity index (χ1v) is 6.88. The molecule has 5 heteroatoms. The van der Waals surface area contributed by atoms with Crippen LogP contribution in [0.1, 0.15) is 23.9 Å². The summed E-state index contributed by atoms with van der Waals surface area (Å²) in [7, 11) is 0. The highest BCUT2D eigenvalue weighted by atomic mass is 19.1. The maximum Gasteiger partial charge on any atom is 0.123 e. The van der Waals surface area contributed by atoms with Crippen LogP contribution in [0.5, 0.6) is 0 Å². The Morgan fingerprint density at radius 3 is 3.10 bits per heavy atom. The third-order valence-electron chi connectivity index (χ3n) is 3.78. The Hall–Kier alpha value is -1.72. The molecule has 20 heavy (non-hydrogen) atoms. The van der Waals surface area contributed by atoms with Crippen molar-refractivity contribution >= 4 is 0 Å². The van der Waals surface area contributed by atoms with Crippen molar-refractivity contribution in [2.45, 2.75) is 25.6 Å². The molecule has 0 amide bonds. The summed E-state index contributed by atoms with van der Waals surface area (Å²) >= 11 is 0. The number of halogens is 1. The average molecular weight is 275 g/mol. The fraction of sp³-hybridized carbons (Fsp3) is 0.400. The van der Waals surface area contributed by atoms with E-state index in [0.29, 0.717) is 12.0 Å². The second-order valence-corrected chi connectivity index (χ2v) is 5.17. The van der Waals surface area contributed by atoms with Gasteiger partial charge in [0, 0.05) is 32.0 Å². The first kappa shape index (κ1) is 13.3. The molecule has 0 saturated carbocycles. The zero-order chi connectivity index (χ0) is 13.9. The number of aliphatic hydroxyl groups excluding tert-OH is 1. The summed E-state index contributed by atoms with van der Waals surface area (Å²) in [5.74, 6) is 0.762. The van der Waals surface area contributed by atoms with E-state index in [0.717, 1.165) is 32.0 Å². The number of benzene rings is 1. The molecule has 0 saturated heterocycles. The molecule has 1 aliphatic rings. The molecule has 0 aliphatic carbocycles. The van der Waals surface area contributed by atoms with Crippen molar-refractivity contribution in [3.8, 4) is 0 Å². The van der Waals surface area contributed by atoms with Crippen molar-refractivity contribution in [1.29, 1.82) is 0 Å². The molecule has 3 rings (SSSR count). The van der Waals surface area contributed by atoms with Gasteiger partial charge in [0.25, 0.3) is 0 Å². The Labute approximate surface area is 117 Å². The molecule has 1 N–H and O–H groups in total. The monoisotopic (exact) mass is 275 g/mol. The van der Waals surface area contributed by atoms with Crippen LogP contribution in [0.3, 0.4) is 0 Å². The van der Waals surface area contributed by atoms with E-state index in [2.05, 4.69) is 14.5 Å². The van der Waals surface area contributed by atoms with Crippen molar-refractivity contribution in [3.05, 3.63) is 53.9 Å². The van der Waals surface area contributed by atoms with E-state index >= 15 is 0 Å². The third kappa shape index (κ3) is 2.89. The van der Waals surface area contributed by atoms with Gasteiger partial charge in [-0.15, -0.1) is 0 Å². The molecular formula is C15H18FN3O. The Kier molecular flexibility index (Phi) is 3.80. The quantitative estimate of drug-likeness (QED) is 0.927.